The van der Waals surface area contributed by atoms with E-state index in [0.717, 1.165) is 0 Å². The van der Waals surface area contributed by atoms with Crippen LogP contribution in [0.2, 0.25) is 0 Å². The zero-order chi connectivity index (χ0) is 13.7. The van der Waals surface area contributed by atoms with Crippen LogP contribution in [-0.2, 0) is 0 Å². The normalized spacial score (nSPS) is 8.94. The second kappa shape index (κ2) is 5.95. The molecule has 0 aliphatic heterocycles. The number of methoxy groups -OCH3 is 2. The molecule has 1 aromatic carbocycles. The molecule has 0 fully saturated rings. The van der Waals surface area contributed by atoms with Gasteiger partial charge in [-0.15, -0.1) is 0 Å². The lowest BCUT2D eigenvalue weighted by Crippen LogP contribution is -1.94. The summed E-state index contributed by atoms with van der Waals surface area (Å²) in [4.78, 5) is 0. The van der Waals surface area contributed by atoms with Crippen molar-refractivity contribution in [2.45, 2.75) is 0 Å². The lowest BCUT2D eigenvalue weighted by Gasteiger charge is -2.13. The predicted octanol–water partition coefficient (Wildman–Crippen LogP) is 2.60. The second-order valence-electron chi connectivity index (χ2n) is 3.14. The molecule has 0 atom stereocenters. The summed E-state index contributed by atoms with van der Waals surface area (Å²) in [6.07, 6.45) is 1.27. The van der Waals surface area contributed by atoms with Crippen molar-refractivity contribution in [2.75, 3.05) is 14.2 Å². The van der Waals surface area contributed by atoms with E-state index < -0.39 is 0 Å². The fraction of sp³-hybridized carbons (Fsp3) is 0.167. The molecule has 92 valence electrons. The molecule has 1 rings (SSSR count). The predicted molar refractivity (Wildman–Crippen MR) is 68.1 cm³/mol. The van der Waals surface area contributed by atoms with Gasteiger partial charge in [-0.05, 0) is 28.1 Å². The van der Waals surface area contributed by atoms with Crippen LogP contribution in [0, 0.1) is 22.7 Å². The van der Waals surface area contributed by atoms with Crippen molar-refractivity contribution in [3.63, 3.8) is 0 Å². The number of hydrogen-bond donors (Lipinski definition) is 1. The van der Waals surface area contributed by atoms with Gasteiger partial charge in [0.2, 0.25) is 5.75 Å². The number of phenolic OH excluding ortho intramolecular Hbond substituents is 1. The van der Waals surface area contributed by atoms with Crippen LogP contribution in [0.4, 0.5) is 0 Å². The molecule has 0 aliphatic carbocycles. The van der Waals surface area contributed by atoms with Gasteiger partial charge in [0.1, 0.15) is 17.7 Å². The number of rotatable bonds is 3. The maximum atomic E-state index is 9.98. The van der Waals surface area contributed by atoms with E-state index in [9.17, 15) is 5.11 Å². The molecule has 0 unspecified atom stereocenters. The number of nitriles is 2. The Hall–Kier alpha value is -2.18. The molecular formula is C12H9BrN2O3. The zero-order valence-corrected chi connectivity index (χ0v) is 11.3. The Balaban J connectivity index is 3.52. The summed E-state index contributed by atoms with van der Waals surface area (Å²) < 4.78 is 10.7. The van der Waals surface area contributed by atoms with Gasteiger partial charge < -0.3 is 14.6 Å². The third-order valence-corrected chi connectivity index (χ3v) is 2.73. The Morgan fingerprint density at radius 1 is 1.28 bits per heavy atom. The van der Waals surface area contributed by atoms with Crippen LogP contribution < -0.4 is 9.47 Å². The van der Waals surface area contributed by atoms with Gasteiger partial charge >= 0.3 is 0 Å². The molecule has 0 amide bonds. The largest absolute Gasteiger partial charge is 0.504 e. The first-order valence-electron chi connectivity index (χ1n) is 4.74. The van der Waals surface area contributed by atoms with E-state index in [4.69, 9.17) is 20.0 Å². The number of allylic oxidation sites excluding steroid dienone is 1. The average Bonchev–Trinajstić information content (AvgIpc) is 2.38. The standard InChI is InChI=1S/C12H9BrN2O3/c1-17-11-9(13)4-8(3-7(5-14)6-15)10(16)12(11)18-2/h3-4,16H,1-2H3. The highest BCUT2D eigenvalue weighted by atomic mass is 79.9. The molecule has 0 aromatic heterocycles. The summed E-state index contributed by atoms with van der Waals surface area (Å²) in [6.45, 7) is 0. The van der Waals surface area contributed by atoms with Crippen molar-refractivity contribution >= 4 is 22.0 Å². The van der Waals surface area contributed by atoms with Crippen molar-refractivity contribution < 1.29 is 14.6 Å². The number of hydrogen-bond acceptors (Lipinski definition) is 5. The molecule has 18 heavy (non-hydrogen) atoms. The molecule has 0 heterocycles. The van der Waals surface area contributed by atoms with E-state index >= 15 is 0 Å². The fourth-order valence-electron chi connectivity index (χ4n) is 1.35. The maximum Gasteiger partial charge on any atom is 0.204 e. The molecule has 0 radical (unpaired) electrons. The third-order valence-electron chi connectivity index (χ3n) is 2.14. The SMILES string of the molecule is COc1c(Br)cc(C=C(C#N)C#N)c(O)c1OC. The molecule has 0 saturated carbocycles. The highest BCUT2D eigenvalue weighted by Crippen LogP contribution is 2.44. The Morgan fingerprint density at radius 3 is 2.28 bits per heavy atom. The third kappa shape index (κ3) is 2.55. The number of nitrogens with zero attached hydrogens (tertiary/aromatic N) is 2. The molecule has 0 aliphatic rings. The van der Waals surface area contributed by atoms with Gasteiger partial charge in [-0.1, -0.05) is 0 Å². The Bertz CT molecular complexity index is 566. The lowest BCUT2D eigenvalue weighted by molar-refractivity contribution is 0.331. The highest BCUT2D eigenvalue weighted by Gasteiger charge is 2.17. The number of phenols is 1. The first-order chi connectivity index (χ1) is 8.58. The molecule has 0 saturated heterocycles. The number of benzene rings is 1. The van der Waals surface area contributed by atoms with Crippen molar-refractivity contribution in [1.29, 1.82) is 10.5 Å². The lowest BCUT2D eigenvalue weighted by atomic mass is 10.1. The van der Waals surface area contributed by atoms with Crippen LogP contribution in [0.3, 0.4) is 0 Å². The van der Waals surface area contributed by atoms with E-state index in [1.54, 1.807) is 12.1 Å². The first kappa shape index (κ1) is 13.9. The van der Waals surface area contributed by atoms with Gasteiger partial charge in [-0.3, -0.25) is 0 Å². The molecule has 0 bridgehead atoms. The highest BCUT2D eigenvalue weighted by molar-refractivity contribution is 9.10. The topological polar surface area (TPSA) is 86.3 Å². The maximum absolute atomic E-state index is 9.98. The van der Waals surface area contributed by atoms with E-state index in [0.29, 0.717) is 10.2 Å². The number of aromatic hydroxyl groups is 1. The summed E-state index contributed by atoms with van der Waals surface area (Å²) >= 11 is 3.26. The number of ether oxygens (including phenoxy) is 2. The average molecular weight is 309 g/mol. The van der Waals surface area contributed by atoms with Crippen molar-refractivity contribution in [1.82, 2.24) is 0 Å². The van der Waals surface area contributed by atoms with E-state index in [1.807, 2.05) is 0 Å². The monoisotopic (exact) mass is 308 g/mol. The van der Waals surface area contributed by atoms with Gasteiger partial charge in [-0.25, -0.2) is 0 Å². The van der Waals surface area contributed by atoms with Crippen LogP contribution >= 0.6 is 15.9 Å². The summed E-state index contributed by atoms with van der Waals surface area (Å²) in [5.74, 6) is 0.275. The van der Waals surface area contributed by atoms with Gasteiger partial charge in [0.25, 0.3) is 0 Å². The fourth-order valence-corrected chi connectivity index (χ4v) is 1.94. The summed E-state index contributed by atoms with van der Waals surface area (Å²) in [5.41, 5.74) is 0.169. The van der Waals surface area contributed by atoms with Crippen LogP contribution in [0.25, 0.3) is 6.08 Å². The zero-order valence-electron chi connectivity index (χ0n) is 9.69. The van der Waals surface area contributed by atoms with Crippen molar-refractivity contribution in [2.24, 2.45) is 0 Å². The molecule has 5 nitrogen and oxygen atoms in total. The summed E-state index contributed by atoms with van der Waals surface area (Å²) in [7, 11) is 2.82. The van der Waals surface area contributed by atoms with E-state index in [2.05, 4.69) is 15.9 Å². The van der Waals surface area contributed by atoms with Gasteiger partial charge in [0.15, 0.2) is 11.5 Å². The van der Waals surface area contributed by atoms with Crippen LogP contribution in [0.15, 0.2) is 16.1 Å². The molecule has 1 N–H and O–H groups in total. The molecule has 0 spiro atoms. The summed E-state index contributed by atoms with van der Waals surface area (Å²) in [5, 5.41) is 27.3. The van der Waals surface area contributed by atoms with Gasteiger partial charge in [0.05, 0.1) is 18.7 Å². The van der Waals surface area contributed by atoms with Gasteiger partial charge in [0, 0.05) is 5.56 Å². The molecule has 6 heteroatoms. The quantitative estimate of drug-likeness (QED) is 0.867. The smallest absolute Gasteiger partial charge is 0.204 e. The Morgan fingerprint density at radius 2 is 1.83 bits per heavy atom. The van der Waals surface area contributed by atoms with E-state index in [1.165, 1.54) is 26.4 Å². The Kier molecular flexibility index (Phi) is 4.59. The van der Waals surface area contributed by atoms with Crippen molar-refractivity contribution in [3.8, 4) is 29.4 Å². The van der Waals surface area contributed by atoms with Crippen LogP contribution in [0.5, 0.6) is 17.2 Å². The van der Waals surface area contributed by atoms with Crippen LogP contribution in [0.1, 0.15) is 5.56 Å². The van der Waals surface area contributed by atoms with Crippen molar-refractivity contribution in [3.05, 3.63) is 21.7 Å². The van der Waals surface area contributed by atoms with E-state index in [-0.39, 0.29) is 22.6 Å². The minimum atomic E-state index is -0.194. The minimum absolute atomic E-state index is 0.121. The number of halogens is 1. The summed E-state index contributed by atoms with van der Waals surface area (Å²) in [6, 6.07) is 4.96. The Labute approximate surface area is 113 Å². The first-order valence-corrected chi connectivity index (χ1v) is 5.53. The molecular weight excluding hydrogens is 300 g/mol. The van der Waals surface area contributed by atoms with Gasteiger partial charge in [-0.2, -0.15) is 10.5 Å². The molecule has 1 aromatic rings. The van der Waals surface area contributed by atoms with Crippen LogP contribution in [-0.4, -0.2) is 19.3 Å². The minimum Gasteiger partial charge on any atom is -0.504 e. The second-order valence-corrected chi connectivity index (χ2v) is 4.00.